The number of rotatable bonds is 8. The van der Waals surface area contributed by atoms with E-state index in [1.807, 2.05) is 17.1 Å². The first-order chi connectivity index (χ1) is 15.9. The molecule has 0 aliphatic heterocycles. The van der Waals surface area contributed by atoms with Crippen molar-refractivity contribution in [2.45, 2.75) is 31.7 Å². The fourth-order valence-electron chi connectivity index (χ4n) is 4.25. The molecule has 1 aliphatic rings. The van der Waals surface area contributed by atoms with E-state index in [2.05, 4.69) is 71.4 Å². The van der Waals surface area contributed by atoms with E-state index in [-0.39, 0.29) is 5.41 Å². The predicted octanol–water partition coefficient (Wildman–Crippen LogP) is 4.32. The van der Waals surface area contributed by atoms with E-state index in [0.717, 1.165) is 29.8 Å². The lowest BCUT2D eigenvalue weighted by Crippen LogP contribution is -2.26. The quantitative estimate of drug-likeness (QED) is 0.422. The number of nitrogens with two attached hydrogens (primary N) is 1. The number of anilines is 1. The van der Waals surface area contributed by atoms with Gasteiger partial charge in [0.2, 0.25) is 5.95 Å². The molecule has 0 saturated heterocycles. The topological polar surface area (TPSA) is 85.8 Å². The molecule has 7 nitrogen and oxygen atoms in total. The van der Waals surface area contributed by atoms with Gasteiger partial charge in [-0.2, -0.15) is 5.10 Å². The van der Waals surface area contributed by atoms with Crippen LogP contribution in [0.5, 0.6) is 0 Å². The lowest BCUT2D eigenvalue weighted by molar-refractivity contribution is 0.373. The molecule has 0 radical (unpaired) electrons. The Kier molecular flexibility index (Phi) is 5.72. The van der Waals surface area contributed by atoms with Gasteiger partial charge in [0, 0.05) is 47.9 Å². The lowest BCUT2D eigenvalue weighted by Gasteiger charge is -2.28. The minimum Gasteiger partial charge on any atom is -0.368 e. The molecular weight excluding hydrogens is 430 g/mol. The molecule has 1 aromatic carbocycles. The van der Waals surface area contributed by atoms with Gasteiger partial charge in [-0.15, -0.1) is 11.3 Å². The van der Waals surface area contributed by atoms with Crippen LogP contribution < -0.4 is 5.73 Å². The molecule has 5 rings (SSSR count). The average molecular weight is 460 g/mol. The lowest BCUT2D eigenvalue weighted by atomic mass is 9.78. The summed E-state index contributed by atoms with van der Waals surface area (Å²) in [5, 5.41) is 5.71. The number of likely N-dealkylation sites (N-methyl/N-ethyl adjacent to an activating group) is 1. The fourth-order valence-corrected chi connectivity index (χ4v) is 5.39. The van der Waals surface area contributed by atoms with Crippen molar-refractivity contribution in [2.75, 3.05) is 26.4 Å². The van der Waals surface area contributed by atoms with Crippen LogP contribution in [-0.4, -0.2) is 50.3 Å². The molecule has 2 N–H and O–H groups in total. The first kappa shape index (κ1) is 21.7. The first-order valence-corrected chi connectivity index (χ1v) is 12.1. The van der Waals surface area contributed by atoms with Gasteiger partial charge in [0.05, 0.1) is 17.6 Å². The highest BCUT2D eigenvalue weighted by atomic mass is 32.1. The molecule has 170 valence electrons. The van der Waals surface area contributed by atoms with Gasteiger partial charge in [0.1, 0.15) is 5.01 Å². The van der Waals surface area contributed by atoms with Crippen molar-refractivity contribution in [3.05, 3.63) is 65.8 Å². The summed E-state index contributed by atoms with van der Waals surface area (Å²) in [6.45, 7) is 4.19. The summed E-state index contributed by atoms with van der Waals surface area (Å²) >= 11 is 1.79. The van der Waals surface area contributed by atoms with Gasteiger partial charge in [0.15, 0.2) is 0 Å². The van der Waals surface area contributed by atoms with E-state index >= 15 is 0 Å². The molecule has 0 bridgehead atoms. The predicted molar refractivity (Wildman–Crippen MR) is 133 cm³/mol. The average Bonchev–Trinajstić information content (AvgIpc) is 3.37. The largest absolute Gasteiger partial charge is 0.368 e. The molecule has 3 heterocycles. The first-order valence-electron chi connectivity index (χ1n) is 11.3. The maximum Gasteiger partial charge on any atom is 0.219 e. The Bertz CT molecular complexity index is 1220. The van der Waals surface area contributed by atoms with Gasteiger partial charge < -0.3 is 10.6 Å². The molecule has 1 fully saturated rings. The summed E-state index contributed by atoms with van der Waals surface area (Å²) in [4.78, 5) is 16.5. The van der Waals surface area contributed by atoms with Crippen molar-refractivity contribution in [3.63, 3.8) is 0 Å². The Morgan fingerprint density at radius 3 is 2.39 bits per heavy atom. The van der Waals surface area contributed by atoms with Crippen LogP contribution in [0.1, 0.15) is 30.3 Å². The molecule has 1 unspecified atom stereocenters. The SMILES string of the molecule is CN(C)CCn1cc(-c2cnc(C(C)(c3ccc(-c4cnc(N)nc4)cc3)C3CC3)s2)cn1. The Hall–Kier alpha value is -3.10. The monoisotopic (exact) mass is 459 g/mol. The van der Waals surface area contributed by atoms with Crippen molar-refractivity contribution in [3.8, 4) is 21.6 Å². The summed E-state index contributed by atoms with van der Waals surface area (Å²) in [7, 11) is 4.16. The van der Waals surface area contributed by atoms with E-state index in [0.29, 0.717) is 11.9 Å². The fraction of sp³-hybridized carbons (Fsp3) is 0.360. The molecule has 0 spiro atoms. The van der Waals surface area contributed by atoms with Crippen molar-refractivity contribution >= 4 is 17.3 Å². The van der Waals surface area contributed by atoms with Gasteiger partial charge in [-0.25, -0.2) is 15.0 Å². The summed E-state index contributed by atoms with van der Waals surface area (Å²) < 4.78 is 2.01. The Labute approximate surface area is 198 Å². The standard InChI is InChI=1S/C25H29N7S/c1-25(21-8-9-21,20-6-4-17(5-7-20)18-12-28-24(26)29-13-18)23-27-15-22(33-23)19-14-30-32(16-19)11-10-31(2)3/h4-7,12-16,21H,8-11H2,1-3H3,(H2,26,28,29). The number of thiazole rings is 1. The van der Waals surface area contributed by atoms with Crippen LogP contribution in [0.25, 0.3) is 21.6 Å². The van der Waals surface area contributed by atoms with Crippen LogP contribution >= 0.6 is 11.3 Å². The number of nitrogen functional groups attached to an aromatic ring is 1. The third kappa shape index (κ3) is 4.41. The van der Waals surface area contributed by atoms with Crippen molar-refractivity contribution < 1.29 is 0 Å². The van der Waals surface area contributed by atoms with Gasteiger partial charge in [0.25, 0.3) is 0 Å². The summed E-state index contributed by atoms with van der Waals surface area (Å²) in [5.74, 6) is 0.907. The number of benzene rings is 1. The Balaban J connectivity index is 1.41. The van der Waals surface area contributed by atoms with E-state index in [1.165, 1.54) is 28.3 Å². The molecule has 3 aromatic heterocycles. The minimum atomic E-state index is -0.0972. The zero-order valence-corrected chi connectivity index (χ0v) is 20.1. The van der Waals surface area contributed by atoms with Gasteiger partial charge in [-0.05, 0) is 50.9 Å². The second kappa shape index (κ2) is 8.68. The molecule has 33 heavy (non-hydrogen) atoms. The molecule has 1 atom stereocenters. The zero-order valence-electron chi connectivity index (χ0n) is 19.3. The molecule has 4 aromatic rings. The van der Waals surface area contributed by atoms with Crippen LogP contribution in [0.2, 0.25) is 0 Å². The summed E-state index contributed by atoms with van der Waals surface area (Å²) in [5.41, 5.74) is 10.0. The molecule has 1 aliphatic carbocycles. The molecular formula is C25H29N7S. The number of hydrogen-bond acceptors (Lipinski definition) is 7. The van der Waals surface area contributed by atoms with Crippen LogP contribution in [0.3, 0.4) is 0 Å². The summed E-state index contributed by atoms with van der Waals surface area (Å²) in [6, 6.07) is 8.75. The van der Waals surface area contributed by atoms with Crippen LogP contribution in [0, 0.1) is 5.92 Å². The second-order valence-electron chi connectivity index (χ2n) is 9.21. The Morgan fingerprint density at radius 2 is 1.73 bits per heavy atom. The van der Waals surface area contributed by atoms with E-state index in [1.54, 1.807) is 23.7 Å². The smallest absolute Gasteiger partial charge is 0.219 e. The number of hydrogen-bond donors (Lipinski definition) is 1. The van der Waals surface area contributed by atoms with Gasteiger partial charge in [-0.1, -0.05) is 24.3 Å². The van der Waals surface area contributed by atoms with Gasteiger partial charge in [-0.3, -0.25) is 4.68 Å². The minimum absolute atomic E-state index is 0.0972. The van der Waals surface area contributed by atoms with Crippen LogP contribution in [0.15, 0.2) is 55.2 Å². The number of nitrogens with zero attached hydrogens (tertiary/aromatic N) is 6. The zero-order chi connectivity index (χ0) is 23.0. The maximum atomic E-state index is 5.63. The normalized spacial score (nSPS) is 15.6. The second-order valence-corrected chi connectivity index (χ2v) is 10.2. The van der Waals surface area contributed by atoms with Crippen LogP contribution in [-0.2, 0) is 12.0 Å². The van der Waals surface area contributed by atoms with E-state index < -0.39 is 0 Å². The molecule has 1 saturated carbocycles. The third-order valence-corrected chi connectivity index (χ3v) is 7.81. The van der Waals surface area contributed by atoms with Crippen molar-refractivity contribution in [2.24, 2.45) is 5.92 Å². The molecule has 8 heteroatoms. The maximum absolute atomic E-state index is 5.63. The number of aromatic nitrogens is 5. The molecule has 0 amide bonds. The van der Waals surface area contributed by atoms with Crippen molar-refractivity contribution in [1.82, 2.24) is 29.6 Å². The highest BCUT2D eigenvalue weighted by Gasteiger charge is 2.46. The van der Waals surface area contributed by atoms with Gasteiger partial charge >= 0.3 is 0 Å². The summed E-state index contributed by atoms with van der Waals surface area (Å²) in [6.07, 6.45) is 12.1. The third-order valence-electron chi connectivity index (χ3n) is 6.53. The van der Waals surface area contributed by atoms with Crippen LogP contribution in [0.4, 0.5) is 5.95 Å². The highest BCUT2D eigenvalue weighted by Crippen LogP contribution is 2.52. The van der Waals surface area contributed by atoms with Crippen molar-refractivity contribution in [1.29, 1.82) is 0 Å². The van der Waals surface area contributed by atoms with E-state index in [4.69, 9.17) is 10.7 Å². The Morgan fingerprint density at radius 1 is 1.00 bits per heavy atom. The van der Waals surface area contributed by atoms with E-state index in [9.17, 15) is 0 Å². The highest BCUT2D eigenvalue weighted by molar-refractivity contribution is 7.15.